The minimum atomic E-state index is -0.814. The second kappa shape index (κ2) is 4.96. The average Bonchev–Trinajstić information content (AvgIpc) is 2.32. The summed E-state index contributed by atoms with van der Waals surface area (Å²) in [5.74, 6) is 0.435. The molecule has 0 radical (unpaired) electrons. The Bertz CT molecular complexity index is 425. The number of carbonyl (C=O) groups is 1. The molecule has 1 aromatic rings. The van der Waals surface area contributed by atoms with Gasteiger partial charge in [0.05, 0.1) is 0 Å². The predicted molar refractivity (Wildman–Crippen MR) is 67.8 cm³/mol. The Hall–Kier alpha value is -1.22. The lowest BCUT2D eigenvalue weighted by Gasteiger charge is -2.31. The van der Waals surface area contributed by atoms with E-state index in [-0.39, 0.29) is 0 Å². The van der Waals surface area contributed by atoms with Crippen LogP contribution in [0.3, 0.4) is 0 Å². The maximum absolute atomic E-state index is 10.8. The van der Waals surface area contributed by atoms with Gasteiger partial charge in [0.25, 0.3) is 0 Å². The van der Waals surface area contributed by atoms with Crippen molar-refractivity contribution in [3.63, 3.8) is 0 Å². The van der Waals surface area contributed by atoms with Crippen LogP contribution in [0.4, 0.5) is 4.79 Å². The van der Waals surface area contributed by atoms with Crippen LogP contribution >= 0.6 is 11.6 Å². The number of carboxylic acid groups (broad SMARTS) is 1. The van der Waals surface area contributed by atoms with Crippen LogP contribution in [0, 0.1) is 6.92 Å². The van der Waals surface area contributed by atoms with Crippen molar-refractivity contribution in [2.24, 2.45) is 0 Å². The smallest absolute Gasteiger partial charge is 0.407 e. The molecule has 3 nitrogen and oxygen atoms in total. The van der Waals surface area contributed by atoms with E-state index in [2.05, 4.69) is 6.92 Å². The van der Waals surface area contributed by atoms with Gasteiger partial charge in [0.15, 0.2) is 0 Å². The standard InChI is InChI=1S/C13H16ClNO2/c1-9-2-3-11(14)8-12(9)10-4-6-15(7-5-10)13(16)17/h2-3,8,10H,4-7H2,1H3,(H,16,17). The Labute approximate surface area is 106 Å². The van der Waals surface area contributed by atoms with Crippen molar-refractivity contribution >= 4 is 17.7 Å². The van der Waals surface area contributed by atoms with Crippen molar-refractivity contribution in [3.8, 4) is 0 Å². The molecule has 0 aromatic heterocycles. The summed E-state index contributed by atoms with van der Waals surface area (Å²) in [6.07, 6.45) is 0.951. The maximum atomic E-state index is 10.8. The fourth-order valence-electron chi connectivity index (χ4n) is 2.43. The van der Waals surface area contributed by atoms with E-state index in [4.69, 9.17) is 16.7 Å². The van der Waals surface area contributed by atoms with Crippen LogP contribution in [0.5, 0.6) is 0 Å². The fourth-order valence-corrected chi connectivity index (χ4v) is 2.61. The molecule has 0 bridgehead atoms. The number of benzene rings is 1. The van der Waals surface area contributed by atoms with Crippen LogP contribution in [-0.4, -0.2) is 29.2 Å². The monoisotopic (exact) mass is 253 g/mol. The van der Waals surface area contributed by atoms with Crippen molar-refractivity contribution < 1.29 is 9.90 Å². The van der Waals surface area contributed by atoms with Crippen molar-refractivity contribution in [3.05, 3.63) is 34.3 Å². The number of halogens is 1. The Morgan fingerprint density at radius 3 is 2.65 bits per heavy atom. The van der Waals surface area contributed by atoms with Crippen LogP contribution in [-0.2, 0) is 0 Å². The zero-order valence-corrected chi connectivity index (χ0v) is 10.6. The van der Waals surface area contributed by atoms with Crippen LogP contribution in [0.25, 0.3) is 0 Å². The molecule has 4 heteroatoms. The molecule has 0 atom stereocenters. The zero-order chi connectivity index (χ0) is 12.4. The van der Waals surface area contributed by atoms with Gasteiger partial charge in [0.2, 0.25) is 0 Å². The van der Waals surface area contributed by atoms with Crippen LogP contribution in [0.1, 0.15) is 29.9 Å². The highest BCUT2D eigenvalue weighted by atomic mass is 35.5. The lowest BCUT2D eigenvalue weighted by Crippen LogP contribution is -2.36. The molecular formula is C13H16ClNO2. The highest BCUT2D eigenvalue weighted by Gasteiger charge is 2.24. The number of rotatable bonds is 1. The van der Waals surface area contributed by atoms with Crippen LogP contribution in [0.15, 0.2) is 18.2 Å². The number of likely N-dealkylation sites (tertiary alicyclic amines) is 1. The molecule has 0 spiro atoms. The predicted octanol–water partition coefficient (Wildman–Crippen LogP) is 3.51. The van der Waals surface area contributed by atoms with Crippen molar-refractivity contribution in [2.75, 3.05) is 13.1 Å². The van der Waals surface area contributed by atoms with Gasteiger partial charge in [-0.25, -0.2) is 4.79 Å². The third-order valence-corrected chi connectivity index (χ3v) is 3.68. The number of amides is 1. The summed E-state index contributed by atoms with van der Waals surface area (Å²) in [5.41, 5.74) is 2.51. The van der Waals surface area contributed by atoms with E-state index < -0.39 is 6.09 Å². The van der Waals surface area contributed by atoms with Gasteiger partial charge in [-0.2, -0.15) is 0 Å². The molecule has 1 aliphatic rings. The molecule has 1 heterocycles. The van der Waals surface area contributed by atoms with E-state index in [0.29, 0.717) is 19.0 Å². The number of hydrogen-bond acceptors (Lipinski definition) is 1. The maximum Gasteiger partial charge on any atom is 0.407 e. The molecular weight excluding hydrogens is 238 g/mol. The highest BCUT2D eigenvalue weighted by molar-refractivity contribution is 6.30. The molecule has 17 heavy (non-hydrogen) atoms. The van der Waals surface area contributed by atoms with Crippen molar-refractivity contribution in [1.29, 1.82) is 0 Å². The number of piperidine rings is 1. The van der Waals surface area contributed by atoms with E-state index in [9.17, 15) is 4.79 Å². The van der Waals surface area contributed by atoms with E-state index in [1.807, 2.05) is 18.2 Å². The second-order valence-corrected chi connectivity index (χ2v) is 4.98. The minimum Gasteiger partial charge on any atom is -0.465 e. The zero-order valence-electron chi connectivity index (χ0n) is 9.82. The Morgan fingerprint density at radius 2 is 2.06 bits per heavy atom. The number of aryl methyl sites for hydroxylation is 1. The van der Waals surface area contributed by atoms with Gasteiger partial charge in [-0.15, -0.1) is 0 Å². The summed E-state index contributed by atoms with van der Waals surface area (Å²) >= 11 is 6.01. The first-order valence-electron chi connectivity index (χ1n) is 5.82. The first kappa shape index (κ1) is 12.2. The topological polar surface area (TPSA) is 40.5 Å². The first-order chi connectivity index (χ1) is 8.08. The van der Waals surface area contributed by atoms with Gasteiger partial charge >= 0.3 is 6.09 Å². The van der Waals surface area contributed by atoms with Gasteiger partial charge in [0, 0.05) is 18.1 Å². The van der Waals surface area contributed by atoms with Gasteiger partial charge in [-0.05, 0) is 48.9 Å². The molecule has 1 fully saturated rings. The van der Waals surface area contributed by atoms with E-state index in [0.717, 1.165) is 17.9 Å². The molecule has 1 saturated heterocycles. The second-order valence-electron chi connectivity index (χ2n) is 4.54. The molecule has 1 N–H and O–H groups in total. The largest absolute Gasteiger partial charge is 0.465 e. The van der Waals surface area contributed by atoms with Crippen molar-refractivity contribution in [2.45, 2.75) is 25.7 Å². The summed E-state index contributed by atoms with van der Waals surface area (Å²) in [6.45, 7) is 3.31. The van der Waals surface area contributed by atoms with E-state index >= 15 is 0 Å². The molecule has 0 saturated carbocycles. The third kappa shape index (κ3) is 2.72. The molecule has 92 valence electrons. The fraction of sp³-hybridized carbons (Fsp3) is 0.462. The third-order valence-electron chi connectivity index (χ3n) is 3.45. The average molecular weight is 254 g/mol. The molecule has 2 rings (SSSR count). The summed E-state index contributed by atoms with van der Waals surface area (Å²) in [6, 6.07) is 5.94. The Kier molecular flexibility index (Phi) is 3.57. The summed E-state index contributed by atoms with van der Waals surface area (Å²) in [7, 11) is 0. The van der Waals surface area contributed by atoms with Gasteiger partial charge in [0.1, 0.15) is 0 Å². The van der Waals surface area contributed by atoms with Gasteiger partial charge in [-0.3, -0.25) is 0 Å². The lowest BCUT2D eigenvalue weighted by molar-refractivity contribution is 0.132. The first-order valence-corrected chi connectivity index (χ1v) is 6.19. The molecule has 0 aliphatic carbocycles. The minimum absolute atomic E-state index is 0.435. The summed E-state index contributed by atoms with van der Waals surface area (Å²) < 4.78 is 0. The number of hydrogen-bond donors (Lipinski definition) is 1. The van der Waals surface area contributed by atoms with Crippen LogP contribution in [0.2, 0.25) is 5.02 Å². The van der Waals surface area contributed by atoms with E-state index in [1.165, 1.54) is 16.0 Å². The number of nitrogens with zero attached hydrogens (tertiary/aromatic N) is 1. The quantitative estimate of drug-likeness (QED) is 0.832. The van der Waals surface area contributed by atoms with Gasteiger partial charge in [-0.1, -0.05) is 17.7 Å². The Balaban J connectivity index is 2.10. The van der Waals surface area contributed by atoms with E-state index in [1.54, 1.807) is 0 Å². The molecule has 0 unspecified atom stereocenters. The normalized spacial score (nSPS) is 17.2. The summed E-state index contributed by atoms with van der Waals surface area (Å²) in [4.78, 5) is 12.3. The Morgan fingerprint density at radius 1 is 1.41 bits per heavy atom. The van der Waals surface area contributed by atoms with Gasteiger partial charge < -0.3 is 10.0 Å². The lowest BCUT2D eigenvalue weighted by atomic mass is 9.87. The molecule has 1 aliphatic heterocycles. The molecule has 1 amide bonds. The van der Waals surface area contributed by atoms with Crippen molar-refractivity contribution in [1.82, 2.24) is 4.90 Å². The molecule has 1 aromatic carbocycles. The van der Waals surface area contributed by atoms with Crippen LogP contribution < -0.4 is 0 Å². The SMILES string of the molecule is Cc1ccc(Cl)cc1C1CCN(C(=O)O)CC1. The highest BCUT2D eigenvalue weighted by Crippen LogP contribution is 2.31. The summed E-state index contributed by atoms with van der Waals surface area (Å²) in [5, 5.41) is 9.65.